The molecule has 1 aliphatic rings. The van der Waals surface area contributed by atoms with E-state index in [0.29, 0.717) is 25.2 Å². The molecule has 3 nitrogen and oxygen atoms in total. The number of aryl methyl sites for hydroxylation is 1. The van der Waals surface area contributed by atoms with Gasteiger partial charge in [0.2, 0.25) is 0 Å². The van der Waals surface area contributed by atoms with Gasteiger partial charge in [-0.1, -0.05) is 24.3 Å². The summed E-state index contributed by atoms with van der Waals surface area (Å²) in [4.78, 5) is 2.55. The lowest BCUT2D eigenvalue weighted by molar-refractivity contribution is 0.165. The van der Waals surface area contributed by atoms with E-state index in [1.54, 1.807) is 0 Å². The van der Waals surface area contributed by atoms with Crippen molar-refractivity contribution in [3.63, 3.8) is 0 Å². The van der Waals surface area contributed by atoms with Crippen LogP contribution in [0.2, 0.25) is 0 Å². The fourth-order valence-corrected chi connectivity index (χ4v) is 3.31. The van der Waals surface area contributed by atoms with Gasteiger partial charge in [0.15, 0.2) is 0 Å². The first-order chi connectivity index (χ1) is 9.27. The molecule has 0 radical (unpaired) electrons. The summed E-state index contributed by atoms with van der Waals surface area (Å²) in [5.41, 5.74) is 8.74. The first kappa shape index (κ1) is 14.5. The van der Waals surface area contributed by atoms with Gasteiger partial charge in [-0.3, -0.25) is 4.90 Å². The monoisotopic (exact) mass is 262 g/mol. The van der Waals surface area contributed by atoms with Crippen molar-refractivity contribution in [1.82, 2.24) is 4.90 Å². The van der Waals surface area contributed by atoms with Crippen LogP contribution < -0.4 is 5.73 Å². The van der Waals surface area contributed by atoms with Crippen LogP contribution in [0.5, 0.6) is 0 Å². The van der Waals surface area contributed by atoms with Crippen LogP contribution in [0.15, 0.2) is 24.3 Å². The van der Waals surface area contributed by atoms with Crippen LogP contribution in [0.1, 0.15) is 42.9 Å². The lowest BCUT2D eigenvalue weighted by Gasteiger charge is -2.33. The van der Waals surface area contributed by atoms with Gasteiger partial charge in [0.1, 0.15) is 0 Å². The van der Waals surface area contributed by atoms with Gasteiger partial charge in [-0.05, 0) is 50.3 Å². The van der Waals surface area contributed by atoms with Crippen LogP contribution in [0, 0.1) is 6.92 Å². The van der Waals surface area contributed by atoms with Gasteiger partial charge >= 0.3 is 0 Å². The molecule has 3 heteroatoms. The molecule has 1 aliphatic heterocycles. The van der Waals surface area contributed by atoms with Crippen molar-refractivity contribution in [2.45, 2.75) is 44.7 Å². The Kier molecular flexibility index (Phi) is 5.37. The average Bonchev–Trinajstić information content (AvgIpc) is 2.88. The Morgan fingerprint density at radius 1 is 1.42 bits per heavy atom. The Bertz CT molecular complexity index is 394. The molecule has 0 spiro atoms. The summed E-state index contributed by atoms with van der Waals surface area (Å²) in [6.45, 7) is 4.26. The van der Waals surface area contributed by atoms with Crippen LogP contribution in [0.4, 0.5) is 0 Å². The second-order valence-corrected chi connectivity index (χ2v) is 5.51. The Labute approximate surface area is 116 Å². The first-order valence-corrected chi connectivity index (χ1v) is 7.40. The van der Waals surface area contributed by atoms with Crippen molar-refractivity contribution in [2.75, 3.05) is 19.7 Å². The molecule has 2 unspecified atom stereocenters. The van der Waals surface area contributed by atoms with Crippen LogP contribution >= 0.6 is 0 Å². The first-order valence-electron chi connectivity index (χ1n) is 7.40. The zero-order valence-corrected chi connectivity index (χ0v) is 11.9. The minimum absolute atomic E-state index is 0.294. The normalized spacial score (nSPS) is 21.7. The Hall–Kier alpha value is -0.900. The number of likely N-dealkylation sites (tertiary alicyclic amines) is 1. The maximum absolute atomic E-state index is 9.03. The van der Waals surface area contributed by atoms with Crippen LogP contribution in [0.3, 0.4) is 0 Å². The van der Waals surface area contributed by atoms with Crippen LogP contribution in [-0.2, 0) is 0 Å². The van der Waals surface area contributed by atoms with E-state index in [1.165, 1.54) is 24.0 Å². The number of hydrogen-bond donors (Lipinski definition) is 2. The van der Waals surface area contributed by atoms with Crippen molar-refractivity contribution in [2.24, 2.45) is 5.73 Å². The molecule has 1 fully saturated rings. The lowest BCUT2D eigenvalue weighted by Crippen LogP contribution is -2.37. The molecule has 2 rings (SSSR count). The number of nitrogens with zero attached hydrogens (tertiary/aromatic N) is 1. The van der Waals surface area contributed by atoms with E-state index in [0.717, 1.165) is 19.4 Å². The van der Waals surface area contributed by atoms with Gasteiger partial charge in [0.25, 0.3) is 0 Å². The summed E-state index contributed by atoms with van der Waals surface area (Å²) in [5.74, 6) is 0. The molecule has 0 amide bonds. The highest BCUT2D eigenvalue weighted by Crippen LogP contribution is 2.32. The zero-order valence-electron chi connectivity index (χ0n) is 11.9. The van der Waals surface area contributed by atoms with Gasteiger partial charge < -0.3 is 10.8 Å². The SMILES string of the molecule is Cc1ccccc1C(CN)N1CCCC1CCCO. The lowest BCUT2D eigenvalue weighted by atomic mass is 9.98. The van der Waals surface area contributed by atoms with Crippen molar-refractivity contribution in [3.05, 3.63) is 35.4 Å². The highest BCUT2D eigenvalue weighted by Gasteiger charge is 2.30. The second kappa shape index (κ2) is 7.04. The molecule has 3 N–H and O–H groups in total. The predicted molar refractivity (Wildman–Crippen MR) is 79.0 cm³/mol. The van der Waals surface area contributed by atoms with Crippen LogP contribution in [0.25, 0.3) is 0 Å². The zero-order chi connectivity index (χ0) is 13.7. The van der Waals surface area contributed by atoms with Crippen molar-refractivity contribution in [3.8, 4) is 0 Å². The highest BCUT2D eigenvalue weighted by atomic mass is 16.2. The number of aliphatic hydroxyl groups is 1. The third-order valence-electron chi connectivity index (χ3n) is 4.29. The summed E-state index contributed by atoms with van der Waals surface area (Å²) in [7, 11) is 0. The molecule has 1 heterocycles. The van der Waals surface area contributed by atoms with Gasteiger partial charge in [0.05, 0.1) is 0 Å². The van der Waals surface area contributed by atoms with E-state index in [2.05, 4.69) is 36.1 Å². The molecule has 106 valence electrons. The number of aliphatic hydroxyl groups excluding tert-OH is 1. The average molecular weight is 262 g/mol. The minimum atomic E-state index is 0.294. The van der Waals surface area contributed by atoms with Gasteiger partial charge in [-0.15, -0.1) is 0 Å². The van der Waals surface area contributed by atoms with Gasteiger partial charge in [-0.2, -0.15) is 0 Å². The summed E-state index contributed by atoms with van der Waals surface area (Å²) in [5, 5.41) is 9.03. The Morgan fingerprint density at radius 2 is 2.21 bits per heavy atom. The van der Waals surface area contributed by atoms with Gasteiger partial charge in [-0.25, -0.2) is 0 Å². The standard InChI is InChI=1S/C16H26N2O/c1-13-6-2-3-9-15(13)16(12-17)18-10-4-7-14(18)8-5-11-19/h2-3,6,9,14,16,19H,4-5,7-8,10-12,17H2,1H3. The quantitative estimate of drug-likeness (QED) is 0.826. The molecule has 1 aromatic rings. The summed E-state index contributed by atoms with van der Waals surface area (Å²) < 4.78 is 0. The van der Waals surface area contributed by atoms with E-state index >= 15 is 0 Å². The molecule has 2 atom stereocenters. The van der Waals surface area contributed by atoms with Crippen molar-refractivity contribution < 1.29 is 5.11 Å². The fraction of sp³-hybridized carbons (Fsp3) is 0.625. The maximum Gasteiger partial charge on any atom is 0.0476 e. The van der Waals surface area contributed by atoms with Crippen molar-refractivity contribution in [1.29, 1.82) is 0 Å². The predicted octanol–water partition coefficient (Wildman–Crippen LogP) is 2.23. The number of nitrogens with two attached hydrogens (primary N) is 1. The number of benzene rings is 1. The number of hydrogen-bond acceptors (Lipinski definition) is 3. The summed E-state index contributed by atoms with van der Waals surface area (Å²) >= 11 is 0. The third kappa shape index (κ3) is 3.35. The molecule has 0 bridgehead atoms. The maximum atomic E-state index is 9.03. The van der Waals surface area contributed by atoms with E-state index in [1.807, 2.05) is 0 Å². The van der Waals surface area contributed by atoms with Crippen LogP contribution in [-0.4, -0.2) is 35.7 Å². The van der Waals surface area contributed by atoms with E-state index in [-0.39, 0.29) is 0 Å². The topological polar surface area (TPSA) is 49.5 Å². The molecule has 0 aromatic heterocycles. The molecule has 1 saturated heterocycles. The van der Waals surface area contributed by atoms with Gasteiger partial charge in [0, 0.05) is 25.2 Å². The molecule has 1 aromatic carbocycles. The molecule has 0 saturated carbocycles. The second-order valence-electron chi connectivity index (χ2n) is 5.51. The smallest absolute Gasteiger partial charge is 0.0476 e. The molecular weight excluding hydrogens is 236 g/mol. The largest absolute Gasteiger partial charge is 0.396 e. The minimum Gasteiger partial charge on any atom is -0.396 e. The van der Waals surface area contributed by atoms with E-state index in [4.69, 9.17) is 10.8 Å². The molecule has 0 aliphatic carbocycles. The Balaban J connectivity index is 2.14. The van der Waals surface area contributed by atoms with Crippen molar-refractivity contribution >= 4 is 0 Å². The highest BCUT2D eigenvalue weighted by molar-refractivity contribution is 5.29. The fourth-order valence-electron chi connectivity index (χ4n) is 3.31. The molecule has 19 heavy (non-hydrogen) atoms. The Morgan fingerprint density at radius 3 is 2.89 bits per heavy atom. The van der Waals surface area contributed by atoms with E-state index < -0.39 is 0 Å². The third-order valence-corrected chi connectivity index (χ3v) is 4.29. The molecular formula is C16H26N2O. The summed E-state index contributed by atoms with van der Waals surface area (Å²) in [6.07, 6.45) is 4.46. The van der Waals surface area contributed by atoms with E-state index in [9.17, 15) is 0 Å². The number of rotatable bonds is 6. The summed E-state index contributed by atoms with van der Waals surface area (Å²) in [6, 6.07) is 9.46.